The second-order valence-electron chi connectivity index (χ2n) is 4.87. The molecule has 0 aromatic carbocycles. The second-order valence-corrected chi connectivity index (χ2v) is 4.87. The average molecular weight is 250 g/mol. The van der Waals surface area contributed by atoms with E-state index in [2.05, 4.69) is 5.32 Å². The molecule has 1 fully saturated rings. The van der Waals surface area contributed by atoms with Crippen molar-refractivity contribution in [1.29, 1.82) is 0 Å². The van der Waals surface area contributed by atoms with Gasteiger partial charge in [0.05, 0.1) is 12.2 Å². The molecule has 1 aliphatic rings. The average Bonchev–Trinajstić information content (AvgIpc) is 2.90. The first kappa shape index (κ1) is 12.7. The van der Waals surface area contributed by atoms with Crippen molar-refractivity contribution in [2.75, 3.05) is 13.6 Å². The minimum absolute atomic E-state index is 0.00431. The topological polar surface area (TPSA) is 62.6 Å². The van der Waals surface area contributed by atoms with Crippen LogP contribution in [0.1, 0.15) is 19.1 Å². The number of hydrogen-bond acceptors (Lipinski definition) is 3. The van der Waals surface area contributed by atoms with E-state index in [9.17, 15) is 9.59 Å². The molecule has 0 unspecified atom stereocenters. The van der Waals surface area contributed by atoms with Gasteiger partial charge in [-0.15, -0.1) is 0 Å². The monoisotopic (exact) mass is 250 g/mol. The highest BCUT2D eigenvalue weighted by molar-refractivity contribution is 5.89. The fourth-order valence-corrected chi connectivity index (χ4v) is 2.18. The lowest BCUT2D eigenvalue weighted by molar-refractivity contribution is -0.128. The van der Waals surface area contributed by atoms with Gasteiger partial charge >= 0.3 is 0 Å². The maximum absolute atomic E-state index is 12.0. The molecular weight excluding hydrogens is 232 g/mol. The third kappa shape index (κ3) is 2.91. The molecule has 0 spiro atoms. The molecule has 1 aliphatic heterocycles. The van der Waals surface area contributed by atoms with Gasteiger partial charge in [-0.25, -0.2) is 0 Å². The molecule has 2 heterocycles. The van der Waals surface area contributed by atoms with Gasteiger partial charge < -0.3 is 14.6 Å². The minimum Gasteiger partial charge on any atom is -0.469 e. The standard InChI is InChI=1S/C13H18N2O3/c1-9(6-11-4-3-5-18-11)14-13(17)10-7-12(16)15(2)8-10/h3-5,9-10H,6-8H2,1-2H3,(H,14,17)/t9-,10-/m1/s1. The summed E-state index contributed by atoms with van der Waals surface area (Å²) in [5.74, 6) is 0.615. The third-order valence-electron chi connectivity index (χ3n) is 3.19. The number of carbonyl (C=O) groups excluding carboxylic acids is 2. The Morgan fingerprint density at radius 1 is 1.67 bits per heavy atom. The zero-order chi connectivity index (χ0) is 13.1. The number of rotatable bonds is 4. The quantitative estimate of drug-likeness (QED) is 0.860. The fraction of sp³-hybridized carbons (Fsp3) is 0.538. The number of amides is 2. The predicted molar refractivity (Wildman–Crippen MR) is 65.8 cm³/mol. The van der Waals surface area contributed by atoms with Gasteiger partial charge in [0.25, 0.3) is 0 Å². The summed E-state index contributed by atoms with van der Waals surface area (Å²) in [5, 5.41) is 2.92. The lowest BCUT2D eigenvalue weighted by Gasteiger charge is -2.15. The lowest BCUT2D eigenvalue weighted by atomic mass is 10.1. The van der Waals surface area contributed by atoms with E-state index in [4.69, 9.17) is 4.42 Å². The Kier molecular flexibility index (Phi) is 3.69. The van der Waals surface area contributed by atoms with Crippen LogP contribution in [0.4, 0.5) is 0 Å². The SMILES string of the molecule is C[C@H](Cc1ccco1)NC(=O)[C@@H]1CC(=O)N(C)C1. The van der Waals surface area contributed by atoms with E-state index in [1.165, 1.54) is 0 Å². The summed E-state index contributed by atoms with van der Waals surface area (Å²) < 4.78 is 5.23. The summed E-state index contributed by atoms with van der Waals surface area (Å²) in [6.45, 7) is 2.44. The number of furan rings is 1. The van der Waals surface area contributed by atoms with E-state index in [0.717, 1.165) is 5.76 Å². The number of nitrogens with zero attached hydrogens (tertiary/aromatic N) is 1. The van der Waals surface area contributed by atoms with Crippen LogP contribution in [0.3, 0.4) is 0 Å². The van der Waals surface area contributed by atoms with Crippen molar-refractivity contribution >= 4 is 11.8 Å². The van der Waals surface area contributed by atoms with Gasteiger partial charge in [0.1, 0.15) is 5.76 Å². The van der Waals surface area contributed by atoms with E-state index < -0.39 is 0 Å². The van der Waals surface area contributed by atoms with E-state index >= 15 is 0 Å². The molecular formula is C13H18N2O3. The highest BCUT2D eigenvalue weighted by Gasteiger charge is 2.32. The molecule has 2 amide bonds. The Morgan fingerprint density at radius 2 is 2.44 bits per heavy atom. The van der Waals surface area contributed by atoms with E-state index in [-0.39, 0.29) is 23.8 Å². The number of hydrogen-bond donors (Lipinski definition) is 1. The number of nitrogens with one attached hydrogen (secondary N) is 1. The maximum atomic E-state index is 12.0. The largest absolute Gasteiger partial charge is 0.469 e. The third-order valence-corrected chi connectivity index (χ3v) is 3.19. The molecule has 1 N–H and O–H groups in total. The summed E-state index contributed by atoms with van der Waals surface area (Å²) in [6, 6.07) is 3.72. The van der Waals surface area contributed by atoms with E-state index in [1.807, 2.05) is 19.1 Å². The Morgan fingerprint density at radius 3 is 3.00 bits per heavy atom. The second kappa shape index (κ2) is 5.25. The molecule has 1 aromatic rings. The zero-order valence-corrected chi connectivity index (χ0v) is 10.7. The Balaban J connectivity index is 1.82. The molecule has 1 aromatic heterocycles. The zero-order valence-electron chi connectivity index (χ0n) is 10.7. The van der Waals surface area contributed by atoms with Crippen molar-refractivity contribution in [3.63, 3.8) is 0 Å². The molecule has 0 saturated carbocycles. The summed E-state index contributed by atoms with van der Waals surface area (Å²) in [5.41, 5.74) is 0. The van der Waals surface area contributed by atoms with Gasteiger partial charge in [0.2, 0.25) is 11.8 Å². The van der Waals surface area contributed by atoms with Crippen LogP contribution in [0.25, 0.3) is 0 Å². The van der Waals surface area contributed by atoms with Crippen molar-refractivity contribution in [3.8, 4) is 0 Å². The Labute approximate surface area is 106 Å². The van der Waals surface area contributed by atoms with Crippen molar-refractivity contribution in [2.45, 2.75) is 25.8 Å². The highest BCUT2D eigenvalue weighted by Crippen LogP contribution is 2.16. The number of carbonyl (C=O) groups is 2. The van der Waals surface area contributed by atoms with Crippen LogP contribution >= 0.6 is 0 Å². The van der Waals surface area contributed by atoms with E-state index in [0.29, 0.717) is 19.4 Å². The molecule has 1 saturated heterocycles. The maximum Gasteiger partial charge on any atom is 0.225 e. The molecule has 98 valence electrons. The smallest absolute Gasteiger partial charge is 0.225 e. The molecule has 5 heteroatoms. The van der Waals surface area contributed by atoms with Gasteiger partial charge in [-0.1, -0.05) is 0 Å². The first-order chi connectivity index (χ1) is 8.56. The first-order valence-electron chi connectivity index (χ1n) is 6.13. The fourth-order valence-electron chi connectivity index (χ4n) is 2.18. The van der Waals surface area contributed by atoms with Crippen LogP contribution in [0, 0.1) is 5.92 Å². The Bertz CT molecular complexity index is 427. The van der Waals surface area contributed by atoms with Crippen LogP contribution in [-0.4, -0.2) is 36.3 Å². The van der Waals surface area contributed by atoms with Crippen LogP contribution < -0.4 is 5.32 Å². The Hall–Kier alpha value is -1.78. The number of likely N-dealkylation sites (tertiary alicyclic amines) is 1. The van der Waals surface area contributed by atoms with Gasteiger partial charge in [-0.05, 0) is 19.1 Å². The van der Waals surface area contributed by atoms with Gasteiger partial charge in [0.15, 0.2) is 0 Å². The van der Waals surface area contributed by atoms with Crippen LogP contribution in [0.5, 0.6) is 0 Å². The van der Waals surface area contributed by atoms with Gasteiger partial charge in [-0.2, -0.15) is 0 Å². The normalized spacial score (nSPS) is 21.1. The van der Waals surface area contributed by atoms with Crippen LogP contribution in [-0.2, 0) is 16.0 Å². The first-order valence-corrected chi connectivity index (χ1v) is 6.13. The lowest BCUT2D eigenvalue weighted by Crippen LogP contribution is -2.39. The molecule has 0 radical (unpaired) electrons. The van der Waals surface area contributed by atoms with Gasteiger partial charge in [-0.3, -0.25) is 9.59 Å². The summed E-state index contributed by atoms with van der Waals surface area (Å²) in [6.07, 6.45) is 2.60. The summed E-state index contributed by atoms with van der Waals surface area (Å²) in [4.78, 5) is 24.9. The highest BCUT2D eigenvalue weighted by atomic mass is 16.3. The molecule has 0 bridgehead atoms. The molecule has 2 atom stereocenters. The van der Waals surface area contributed by atoms with Crippen LogP contribution in [0.15, 0.2) is 22.8 Å². The van der Waals surface area contributed by atoms with E-state index in [1.54, 1.807) is 18.2 Å². The molecule has 18 heavy (non-hydrogen) atoms. The van der Waals surface area contributed by atoms with Crippen molar-refractivity contribution in [1.82, 2.24) is 10.2 Å². The van der Waals surface area contributed by atoms with Gasteiger partial charge in [0, 0.05) is 32.5 Å². The molecule has 0 aliphatic carbocycles. The van der Waals surface area contributed by atoms with Crippen molar-refractivity contribution in [3.05, 3.63) is 24.2 Å². The van der Waals surface area contributed by atoms with Crippen molar-refractivity contribution < 1.29 is 14.0 Å². The summed E-state index contributed by atoms with van der Waals surface area (Å²) >= 11 is 0. The minimum atomic E-state index is -0.221. The van der Waals surface area contributed by atoms with Crippen LogP contribution in [0.2, 0.25) is 0 Å². The van der Waals surface area contributed by atoms with Crippen molar-refractivity contribution in [2.24, 2.45) is 5.92 Å². The molecule has 5 nitrogen and oxygen atoms in total. The molecule has 2 rings (SSSR count). The summed E-state index contributed by atoms with van der Waals surface area (Å²) in [7, 11) is 1.72. The predicted octanol–water partition coefficient (Wildman–Crippen LogP) is 0.805.